The summed E-state index contributed by atoms with van der Waals surface area (Å²) in [5, 5.41) is 0. The van der Waals surface area contributed by atoms with Crippen LogP contribution in [0.3, 0.4) is 0 Å². The van der Waals surface area contributed by atoms with Gasteiger partial charge < -0.3 is 4.98 Å². The lowest BCUT2D eigenvalue weighted by molar-refractivity contribution is 0.446. The highest BCUT2D eigenvalue weighted by molar-refractivity contribution is 4.83. The van der Waals surface area contributed by atoms with Gasteiger partial charge in [0, 0.05) is 18.8 Å². The lowest BCUT2D eigenvalue weighted by Crippen LogP contribution is -2.35. The fraction of sp³-hybridized carbons (Fsp3) is 0.556. The molecule has 1 heterocycles. The summed E-state index contributed by atoms with van der Waals surface area (Å²) < 4.78 is 1.23. The maximum absolute atomic E-state index is 11.2. The smallest absolute Gasteiger partial charge is 0.314 e. The molecule has 4 nitrogen and oxygen atoms in total. The van der Waals surface area contributed by atoms with E-state index in [-0.39, 0.29) is 11.2 Å². The van der Waals surface area contributed by atoms with Crippen molar-refractivity contribution in [3.05, 3.63) is 33.1 Å². The Hall–Kier alpha value is -1.32. The van der Waals surface area contributed by atoms with Gasteiger partial charge in [0.2, 0.25) is 0 Å². The third kappa shape index (κ3) is 2.31. The number of nitrogens with one attached hydrogen (secondary N) is 1. The Kier molecular flexibility index (Phi) is 3.06. The molecule has 72 valence electrons. The van der Waals surface area contributed by atoms with E-state index in [0.29, 0.717) is 12.5 Å². The molecule has 0 spiro atoms. The van der Waals surface area contributed by atoms with Gasteiger partial charge in [0.1, 0.15) is 0 Å². The van der Waals surface area contributed by atoms with E-state index in [0.717, 1.165) is 6.42 Å². The van der Waals surface area contributed by atoms with Crippen LogP contribution in [0.25, 0.3) is 0 Å². The summed E-state index contributed by atoms with van der Waals surface area (Å²) in [7, 11) is 0. The van der Waals surface area contributed by atoms with Gasteiger partial charge in [-0.2, -0.15) is 0 Å². The van der Waals surface area contributed by atoms with Gasteiger partial charge in [-0.3, -0.25) is 9.36 Å². The summed E-state index contributed by atoms with van der Waals surface area (Å²) in [4.78, 5) is 24.9. The number of hydrogen-bond acceptors (Lipinski definition) is 2. The average Bonchev–Trinajstić information content (AvgIpc) is 2.11. The minimum atomic E-state index is -0.326. The van der Waals surface area contributed by atoms with Gasteiger partial charge in [0.15, 0.2) is 0 Å². The molecule has 0 aliphatic heterocycles. The lowest BCUT2D eigenvalue weighted by Gasteiger charge is -2.08. The second kappa shape index (κ2) is 4.07. The molecule has 0 aromatic carbocycles. The van der Waals surface area contributed by atoms with Crippen molar-refractivity contribution in [2.45, 2.75) is 26.8 Å². The van der Waals surface area contributed by atoms with Crippen LogP contribution in [-0.4, -0.2) is 9.55 Å². The number of hydrogen-bond donors (Lipinski definition) is 1. The summed E-state index contributed by atoms with van der Waals surface area (Å²) in [6, 6.07) is 1.36. The van der Waals surface area contributed by atoms with E-state index >= 15 is 0 Å². The monoisotopic (exact) mass is 182 g/mol. The second-order valence-electron chi connectivity index (χ2n) is 3.25. The van der Waals surface area contributed by atoms with Crippen LogP contribution in [0, 0.1) is 5.92 Å². The topological polar surface area (TPSA) is 54.9 Å². The SMILES string of the molecule is CCC(C)Cn1c(=O)cc[nH]c1=O. The van der Waals surface area contributed by atoms with E-state index in [2.05, 4.69) is 4.98 Å². The molecule has 0 radical (unpaired) electrons. The first-order valence-electron chi connectivity index (χ1n) is 4.43. The van der Waals surface area contributed by atoms with Gasteiger partial charge in [-0.05, 0) is 5.92 Å². The minimum absolute atomic E-state index is 0.232. The minimum Gasteiger partial charge on any atom is -0.314 e. The summed E-state index contributed by atoms with van der Waals surface area (Å²) in [5.74, 6) is 0.348. The van der Waals surface area contributed by atoms with Crippen molar-refractivity contribution in [2.75, 3.05) is 0 Å². The van der Waals surface area contributed by atoms with Crippen molar-refractivity contribution in [2.24, 2.45) is 5.92 Å². The van der Waals surface area contributed by atoms with Gasteiger partial charge in [-0.25, -0.2) is 4.79 Å². The quantitative estimate of drug-likeness (QED) is 0.743. The van der Waals surface area contributed by atoms with Gasteiger partial charge in [-0.15, -0.1) is 0 Å². The highest BCUT2D eigenvalue weighted by Gasteiger charge is 2.04. The van der Waals surface area contributed by atoms with Crippen molar-refractivity contribution in [3.63, 3.8) is 0 Å². The Morgan fingerprint density at radius 1 is 1.54 bits per heavy atom. The molecule has 4 heteroatoms. The van der Waals surface area contributed by atoms with E-state index < -0.39 is 0 Å². The molecular formula is C9H14N2O2. The molecule has 1 atom stereocenters. The summed E-state index contributed by atoms with van der Waals surface area (Å²) >= 11 is 0. The molecule has 1 unspecified atom stereocenters. The third-order valence-corrected chi connectivity index (χ3v) is 2.14. The van der Waals surface area contributed by atoms with Crippen LogP contribution < -0.4 is 11.2 Å². The summed E-state index contributed by atoms with van der Waals surface area (Å²) in [6.07, 6.45) is 2.33. The highest BCUT2D eigenvalue weighted by atomic mass is 16.2. The first-order valence-corrected chi connectivity index (χ1v) is 4.43. The van der Waals surface area contributed by atoms with Crippen LogP contribution >= 0.6 is 0 Å². The van der Waals surface area contributed by atoms with Gasteiger partial charge in [-0.1, -0.05) is 20.3 Å². The van der Waals surface area contributed by atoms with Crippen molar-refractivity contribution < 1.29 is 0 Å². The number of H-pyrrole nitrogens is 1. The fourth-order valence-electron chi connectivity index (χ4n) is 1.07. The van der Waals surface area contributed by atoms with Gasteiger partial charge in [0.05, 0.1) is 0 Å². The molecule has 0 saturated heterocycles. The Morgan fingerprint density at radius 3 is 2.77 bits per heavy atom. The first-order chi connectivity index (χ1) is 6.15. The first kappa shape index (κ1) is 9.77. The Balaban J connectivity index is 3.01. The fourth-order valence-corrected chi connectivity index (χ4v) is 1.07. The zero-order valence-electron chi connectivity index (χ0n) is 7.91. The second-order valence-corrected chi connectivity index (χ2v) is 3.25. The summed E-state index contributed by atoms with van der Waals surface area (Å²) in [5.41, 5.74) is -0.558. The van der Waals surface area contributed by atoms with Crippen molar-refractivity contribution >= 4 is 0 Å². The molecule has 0 aliphatic carbocycles. The number of aromatic amines is 1. The third-order valence-electron chi connectivity index (χ3n) is 2.14. The van der Waals surface area contributed by atoms with Crippen molar-refractivity contribution in [1.82, 2.24) is 9.55 Å². The molecule has 0 bridgehead atoms. The normalized spacial score (nSPS) is 12.8. The number of rotatable bonds is 3. The van der Waals surface area contributed by atoms with E-state index in [4.69, 9.17) is 0 Å². The van der Waals surface area contributed by atoms with Crippen LogP contribution in [0.5, 0.6) is 0 Å². The molecule has 1 N–H and O–H groups in total. The Labute approximate surface area is 76.2 Å². The van der Waals surface area contributed by atoms with E-state index in [9.17, 15) is 9.59 Å². The molecular weight excluding hydrogens is 168 g/mol. The van der Waals surface area contributed by atoms with E-state index in [1.807, 2.05) is 13.8 Å². The predicted molar refractivity (Wildman–Crippen MR) is 50.8 cm³/mol. The molecule has 0 fully saturated rings. The Morgan fingerprint density at radius 2 is 2.23 bits per heavy atom. The summed E-state index contributed by atoms with van der Waals surface area (Å²) in [6.45, 7) is 4.54. The molecule has 13 heavy (non-hydrogen) atoms. The van der Waals surface area contributed by atoms with Crippen LogP contribution in [-0.2, 0) is 6.54 Å². The van der Waals surface area contributed by atoms with Gasteiger partial charge >= 0.3 is 5.69 Å². The zero-order chi connectivity index (χ0) is 9.84. The zero-order valence-corrected chi connectivity index (χ0v) is 7.91. The predicted octanol–water partition coefficient (Wildman–Crippen LogP) is 0.583. The van der Waals surface area contributed by atoms with E-state index in [1.54, 1.807) is 0 Å². The molecule has 1 rings (SSSR count). The van der Waals surface area contributed by atoms with Crippen LogP contribution in [0.2, 0.25) is 0 Å². The highest BCUT2D eigenvalue weighted by Crippen LogP contribution is 2.00. The maximum Gasteiger partial charge on any atom is 0.328 e. The van der Waals surface area contributed by atoms with Crippen molar-refractivity contribution in [3.8, 4) is 0 Å². The van der Waals surface area contributed by atoms with Gasteiger partial charge in [0.25, 0.3) is 5.56 Å². The molecule has 1 aromatic rings. The van der Waals surface area contributed by atoms with Crippen LogP contribution in [0.15, 0.2) is 21.9 Å². The number of nitrogens with zero attached hydrogens (tertiary/aromatic N) is 1. The van der Waals surface area contributed by atoms with Crippen LogP contribution in [0.1, 0.15) is 20.3 Å². The molecule has 0 amide bonds. The number of aromatic nitrogens is 2. The lowest BCUT2D eigenvalue weighted by atomic mass is 10.1. The standard InChI is InChI=1S/C9H14N2O2/c1-3-7(2)6-11-8(12)4-5-10-9(11)13/h4-5,7H,3,6H2,1-2H3,(H,10,13). The van der Waals surface area contributed by atoms with E-state index in [1.165, 1.54) is 16.8 Å². The Bertz CT molecular complexity index is 349. The maximum atomic E-state index is 11.2. The average molecular weight is 182 g/mol. The van der Waals surface area contributed by atoms with Crippen molar-refractivity contribution in [1.29, 1.82) is 0 Å². The largest absolute Gasteiger partial charge is 0.328 e. The molecule has 0 aliphatic rings. The molecule has 0 saturated carbocycles. The molecule has 1 aromatic heterocycles. The van der Waals surface area contributed by atoms with Crippen LogP contribution in [0.4, 0.5) is 0 Å².